The van der Waals surface area contributed by atoms with Gasteiger partial charge < -0.3 is 9.84 Å². The van der Waals surface area contributed by atoms with Gasteiger partial charge in [0.05, 0.1) is 12.2 Å². The summed E-state index contributed by atoms with van der Waals surface area (Å²) in [6, 6.07) is 16.0. The molecule has 0 aromatic heterocycles. The zero-order valence-electron chi connectivity index (χ0n) is 23.3. The van der Waals surface area contributed by atoms with Gasteiger partial charge in [0.1, 0.15) is 5.75 Å². The lowest BCUT2D eigenvalue weighted by Gasteiger charge is -2.21. The van der Waals surface area contributed by atoms with E-state index >= 15 is 0 Å². The summed E-state index contributed by atoms with van der Waals surface area (Å²) in [5.74, 6) is 2.14. The molecule has 2 fully saturated rings. The topological polar surface area (TPSA) is 46.5 Å². The highest BCUT2D eigenvalue weighted by atomic mass is 16.5. The molecule has 0 saturated heterocycles. The van der Waals surface area contributed by atoms with E-state index in [-0.39, 0.29) is 0 Å². The maximum absolute atomic E-state index is 10.9. The van der Waals surface area contributed by atoms with Gasteiger partial charge >= 0.3 is 5.97 Å². The third-order valence-corrected chi connectivity index (χ3v) is 8.15. The number of benzene rings is 2. The van der Waals surface area contributed by atoms with Gasteiger partial charge in [-0.25, -0.2) is 4.79 Å². The van der Waals surface area contributed by atoms with Crippen molar-refractivity contribution >= 4 is 5.97 Å². The Kier molecular flexibility index (Phi) is 13.7. The van der Waals surface area contributed by atoms with E-state index in [1.807, 2.05) is 18.2 Å². The third kappa shape index (κ3) is 11.8. The molecule has 0 unspecified atom stereocenters. The lowest BCUT2D eigenvalue weighted by molar-refractivity contribution is 0.0696. The van der Waals surface area contributed by atoms with Crippen LogP contribution < -0.4 is 4.74 Å². The van der Waals surface area contributed by atoms with Gasteiger partial charge in [0.15, 0.2) is 0 Å². The third-order valence-electron chi connectivity index (χ3n) is 8.15. The minimum atomic E-state index is -0.830. The van der Waals surface area contributed by atoms with Crippen molar-refractivity contribution in [2.75, 3.05) is 6.61 Å². The number of rotatable bonds is 12. The Morgan fingerprint density at radius 1 is 0.784 bits per heavy atom. The number of carbonyl (C=O) groups is 1. The van der Waals surface area contributed by atoms with Gasteiger partial charge in [-0.3, -0.25) is 0 Å². The van der Waals surface area contributed by atoms with Crippen molar-refractivity contribution < 1.29 is 14.6 Å². The second kappa shape index (κ2) is 17.3. The summed E-state index contributed by atoms with van der Waals surface area (Å²) in [5.41, 5.74) is 3.00. The van der Waals surface area contributed by atoms with Crippen LogP contribution in [0.2, 0.25) is 0 Å². The normalized spacial score (nSPS) is 16.6. The summed E-state index contributed by atoms with van der Waals surface area (Å²) < 4.78 is 5.69. The molecular weight excluding hydrogens is 456 g/mol. The van der Waals surface area contributed by atoms with Crippen LogP contribution in [0.3, 0.4) is 0 Å². The van der Waals surface area contributed by atoms with E-state index in [9.17, 15) is 4.79 Å². The Balaban J connectivity index is 0.000000206. The van der Waals surface area contributed by atoms with Gasteiger partial charge in [-0.15, -0.1) is 0 Å². The predicted octanol–water partition coefficient (Wildman–Crippen LogP) is 9.67. The van der Waals surface area contributed by atoms with Gasteiger partial charge in [-0.05, 0) is 79.3 Å². The average Bonchev–Trinajstić information content (AvgIpc) is 2.94. The Morgan fingerprint density at radius 3 is 1.86 bits per heavy atom. The first-order valence-electron chi connectivity index (χ1n) is 15.2. The lowest BCUT2D eigenvalue weighted by Crippen LogP contribution is -2.06. The number of carboxylic acid groups (broad SMARTS) is 1. The van der Waals surface area contributed by atoms with Crippen LogP contribution in [0, 0.1) is 11.8 Å². The van der Waals surface area contributed by atoms with Crippen LogP contribution in [0.1, 0.15) is 125 Å². The van der Waals surface area contributed by atoms with E-state index < -0.39 is 5.97 Å². The standard InChI is InChI=1S/C18H28O.C16H22O2/c1-2-14-19-18-13-7-12-17(15-18)11-6-10-16-8-4-3-5-9-16;17-16(18)15-11-5-10-14(12-15)9-4-8-13-6-2-1-3-7-13/h7,12-13,15-16H,2-6,8-11,14H2,1H3;5,10-13H,1-4,6-9H2,(H,17,18). The SMILES string of the molecule is CCCOc1cccc(CCCC2CCCCC2)c1.O=C(O)c1cccc(CCCC2CCCCC2)c1. The largest absolute Gasteiger partial charge is 0.494 e. The molecule has 204 valence electrons. The Labute approximate surface area is 226 Å². The molecular formula is C34H50O3. The minimum Gasteiger partial charge on any atom is -0.494 e. The summed E-state index contributed by atoms with van der Waals surface area (Å²) in [4.78, 5) is 10.9. The fraction of sp³-hybridized carbons (Fsp3) is 0.618. The number of aryl methyl sites for hydroxylation is 2. The molecule has 37 heavy (non-hydrogen) atoms. The molecule has 0 heterocycles. The average molecular weight is 507 g/mol. The highest BCUT2D eigenvalue weighted by molar-refractivity contribution is 5.87. The number of hydrogen-bond acceptors (Lipinski definition) is 2. The van der Waals surface area contributed by atoms with Crippen LogP contribution in [-0.4, -0.2) is 17.7 Å². The van der Waals surface area contributed by atoms with Crippen molar-refractivity contribution in [3.63, 3.8) is 0 Å². The van der Waals surface area contributed by atoms with E-state index in [4.69, 9.17) is 9.84 Å². The second-order valence-electron chi connectivity index (χ2n) is 11.3. The van der Waals surface area contributed by atoms with Crippen molar-refractivity contribution in [2.45, 2.75) is 116 Å². The van der Waals surface area contributed by atoms with Crippen LogP contribution in [0.25, 0.3) is 0 Å². The first-order chi connectivity index (χ1) is 18.1. The summed E-state index contributed by atoms with van der Waals surface area (Å²) >= 11 is 0. The highest BCUT2D eigenvalue weighted by Gasteiger charge is 2.14. The Morgan fingerprint density at radius 2 is 1.32 bits per heavy atom. The van der Waals surface area contributed by atoms with Crippen LogP contribution in [0.5, 0.6) is 5.75 Å². The highest BCUT2D eigenvalue weighted by Crippen LogP contribution is 2.29. The molecule has 2 aromatic rings. The number of ether oxygens (including phenoxy) is 1. The molecule has 0 bridgehead atoms. The number of carboxylic acids is 1. The molecule has 4 rings (SSSR count). The molecule has 0 radical (unpaired) electrons. The zero-order chi connectivity index (χ0) is 26.1. The minimum absolute atomic E-state index is 0.408. The van der Waals surface area contributed by atoms with E-state index in [1.54, 1.807) is 6.07 Å². The number of aromatic carboxylic acids is 1. The van der Waals surface area contributed by atoms with Crippen LogP contribution in [-0.2, 0) is 12.8 Å². The lowest BCUT2D eigenvalue weighted by atomic mass is 9.85. The van der Waals surface area contributed by atoms with Gasteiger partial charge in [-0.1, -0.05) is 108 Å². The van der Waals surface area contributed by atoms with Crippen molar-refractivity contribution in [3.8, 4) is 5.75 Å². The van der Waals surface area contributed by atoms with Crippen molar-refractivity contribution in [2.24, 2.45) is 11.8 Å². The fourth-order valence-corrected chi connectivity index (χ4v) is 6.01. The molecule has 0 atom stereocenters. The van der Waals surface area contributed by atoms with Crippen LogP contribution >= 0.6 is 0 Å². The Bertz CT molecular complexity index is 893. The smallest absolute Gasteiger partial charge is 0.335 e. The molecule has 0 spiro atoms. The quantitative estimate of drug-likeness (QED) is 0.312. The molecule has 0 aliphatic heterocycles. The monoisotopic (exact) mass is 506 g/mol. The molecule has 2 saturated carbocycles. The Hall–Kier alpha value is -2.29. The fourth-order valence-electron chi connectivity index (χ4n) is 6.01. The molecule has 0 amide bonds. The molecule has 1 N–H and O–H groups in total. The van der Waals surface area contributed by atoms with E-state index in [2.05, 4.69) is 31.2 Å². The van der Waals surface area contributed by atoms with Crippen LogP contribution in [0.15, 0.2) is 48.5 Å². The van der Waals surface area contributed by atoms with Gasteiger partial charge in [-0.2, -0.15) is 0 Å². The van der Waals surface area contributed by atoms with E-state index in [1.165, 1.54) is 102 Å². The van der Waals surface area contributed by atoms with Crippen molar-refractivity contribution in [1.82, 2.24) is 0 Å². The van der Waals surface area contributed by atoms with Gasteiger partial charge in [0.25, 0.3) is 0 Å². The maximum atomic E-state index is 10.9. The summed E-state index contributed by atoms with van der Waals surface area (Å²) in [5, 5.41) is 8.94. The maximum Gasteiger partial charge on any atom is 0.335 e. The molecule has 2 aliphatic carbocycles. The first kappa shape index (κ1) is 29.3. The van der Waals surface area contributed by atoms with E-state index in [0.29, 0.717) is 5.56 Å². The first-order valence-corrected chi connectivity index (χ1v) is 15.2. The van der Waals surface area contributed by atoms with Crippen molar-refractivity contribution in [1.29, 1.82) is 0 Å². The van der Waals surface area contributed by atoms with Gasteiger partial charge in [0.2, 0.25) is 0 Å². The summed E-state index contributed by atoms with van der Waals surface area (Å²) in [6.45, 7) is 2.97. The second-order valence-corrected chi connectivity index (χ2v) is 11.3. The summed E-state index contributed by atoms with van der Waals surface area (Å²) in [6.07, 6.45) is 22.9. The molecule has 3 heteroatoms. The predicted molar refractivity (Wildman–Crippen MR) is 155 cm³/mol. The van der Waals surface area contributed by atoms with Crippen molar-refractivity contribution in [3.05, 3.63) is 65.2 Å². The number of hydrogen-bond donors (Lipinski definition) is 1. The van der Waals surface area contributed by atoms with E-state index in [0.717, 1.165) is 42.6 Å². The molecule has 2 aromatic carbocycles. The van der Waals surface area contributed by atoms with Crippen LogP contribution in [0.4, 0.5) is 0 Å². The molecule has 2 aliphatic rings. The molecule has 3 nitrogen and oxygen atoms in total. The zero-order valence-corrected chi connectivity index (χ0v) is 23.3. The summed E-state index contributed by atoms with van der Waals surface area (Å²) in [7, 11) is 0. The van der Waals surface area contributed by atoms with Gasteiger partial charge in [0, 0.05) is 0 Å².